The van der Waals surface area contributed by atoms with Crippen LogP contribution in [0.25, 0.3) is 0 Å². The molecule has 13 heavy (non-hydrogen) atoms. The molecule has 5 nitrogen and oxygen atoms in total. The fourth-order valence-corrected chi connectivity index (χ4v) is 1.45. The minimum absolute atomic E-state index is 0.00519. The quantitative estimate of drug-likeness (QED) is 0.593. The maximum Gasteiger partial charge on any atom is 0.256 e. The smallest absolute Gasteiger partial charge is 0.256 e. The molecule has 68 valence electrons. The van der Waals surface area contributed by atoms with Gasteiger partial charge in [0, 0.05) is 13.5 Å². The van der Waals surface area contributed by atoms with Crippen molar-refractivity contribution >= 4 is 11.7 Å². The number of carbonyl (C=O) groups excluding carboxylic acids is 1. The molecule has 5 heteroatoms. The topological polar surface area (TPSA) is 66.1 Å². The van der Waals surface area contributed by atoms with E-state index in [4.69, 9.17) is 0 Å². The van der Waals surface area contributed by atoms with Gasteiger partial charge in [0.25, 0.3) is 5.56 Å². The summed E-state index contributed by atoms with van der Waals surface area (Å²) < 4.78 is 0. The largest absolute Gasteiger partial charge is 0.313 e. The first-order valence-corrected chi connectivity index (χ1v) is 4.03. The van der Waals surface area contributed by atoms with Crippen molar-refractivity contribution in [1.82, 2.24) is 9.97 Å². The Balaban J connectivity index is 2.62. The van der Waals surface area contributed by atoms with E-state index >= 15 is 0 Å². The molecule has 0 aromatic carbocycles. The van der Waals surface area contributed by atoms with E-state index in [0.717, 1.165) is 0 Å². The number of nitrogens with zero attached hydrogens (tertiary/aromatic N) is 2. The number of carbonyl (C=O) groups is 1. The van der Waals surface area contributed by atoms with Crippen molar-refractivity contribution in [3.63, 3.8) is 0 Å². The molecular formula is C8H9N3O2. The van der Waals surface area contributed by atoms with Crippen LogP contribution in [0.15, 0.2) is 11.1 Å². The molecule has 1 aliphatic heterocycles. The third-order valence-corrected chi connectivity index (χ3v) is 2.21. The Bertz CT molecular complexity index is 410. The number of aromatic nitrogens is 2. The summed E-state index contributed by atoms with van der Waals surface area (Å²) in [7, 11) is 1.63. The summed E-state index contributed by atoms with van der Waals surface area (Å²) in [6.07, 6.45) is 2.19. The van der Waals surface area contributed by atoms with Gasteiger partial charge in [-0.25, -0.2) is 4.98 Å². The zero-order chi connectivity index (χ0) is 9.42. The molecule has 0 atom stereocenters. The van der Waals surface area contributed by atoms with Gasteiger partial charge in [-0.15, -0.1) is 0 Å². The van der Waals surface area contributed by atoms with Gasteiger partial charge in [0.1, 0.15) is 5.82 Å². The Kier molecular flexibility index (Phi) is 1.65. The van der Waals surface area contributed by atoms with Gasteiger partial charge >= 0.3 is 0 Å². The first-order chi connectivity index (χ1) is 6.20. The van der Waals surface area contributed by atoms with E-state index < -0.39 is 0 Å². The van der Waals surface area contributed by atoms with Crippen LogP contribution >= 0.6 is 0 Å². The van der Waals surface area contributed by atoms with Crippen molar-refractivity contribution in [2.45, 2.75) is 12.8 Å². The third-order valence-electron chi connectivity index (χ3n) is 2.21. The average molecular weight is 179 g/mol. The number of fused-ring (bicyclic) bond motifs is 1. The second-order valence-electron chi connectivity index (χ2n) is 2.99. The molecule has 1 aromatic heterocycles. The summed E-state index contributed by atoms with van der Waals surface area (Å²) in [5.74, 6) is 0.491. The lowest BCUT2D eigenvalue weighted by Gasteiger charge is -2.22. The van der Waals surface area contributed by atoms with Crippen molar-refractivity contribution in [1.29, 1.82) is 0 Å². The van der Waals surface area contributed by atoms with Crippen LogP contribution in [-0.4, -0.2) is 22.9 Å². The van der Waals surface area contributed by atoms with Gasteiger partial charge in [0.15, 0.2) is 0 Å². The van der Waals surface area contributed by atoms with Gasteiger partial charge in [-0.2, -0.15) is 0 Å². The molecule has 0 saturated carbocycles. The minimum Gasteiger partial charge on any atom is -0.313 e. The molecule has 2 heterocycles. The number of amides is 1. The second-order valence-corrected chi connectivity index (χ2v) is 2.99. The van der Waals surface area contributed by atoms with Crippen LogP contribution in [0.4, 0.5) is 5.82 Å². The van der Waals surface area contributed by atoms with Crippen molar-refractivity contribution < 1.29 is 4.79 Å². The maximum absolute atomic E-state index is 11.3. The molecule has 0 radical (unpaired) electrons. The summed E-state index contributed by atoms with van der Waals surface area (Å²) in [6.45, 7) is 0. The molecule has 1 aromatic rings. The Morgan fingerprint density at radius 2 is 2.23 bits per heavy atom. The molecule has 1 aliphatic rings. The lowest BCUT2D eigenvalue weighted by atomic mass is 10.1. The van der Waals surface area contributed by atoms with Gasteiger partial charge in [0.2, 0.25) is 5.91 Å². The molecule has 0 saturated heterocycles. The maximum atomic E-state index is 11.3. The number of hydrogen-bond acceptors (Lipinski definition) is 3. The van der Waals surface area contributed by atoms with Crippen LogP contribution < -0.4 is 10.5 Å². The summed E-state index contributed by atoms with van der Waals surface area (Å²) in [5.41, 5.74) is 0.453. The van der Waals surface area contributed by atoms with Crippen molar-refractivity contribution in [3.05, 3.63) is 22.2 Å². The zero-order valence-electron chi connectivity index (χ0n) is 7.20. The van der Waals surface area contributed by atoms with Crippen LogP contribution in [0.3, 0.4) is 0 Å². The van der Waals surface area contributed by atoms with Crippen molar-refractivity contribution in [2.75, 3.05) is 11.9 Å². The standard InChI is InChI=1S/C8H9N3O2/c1-11-6(12)3-2-5-7(11)9-4-10-8(5)13/h4H,2-3H2,1H3,(H,9,10,13). The van der Waals surface area contributed by atoms with E-state index in [2.05, 4.69) is 9.97 Å². The normalized spacial score (nSPS) is 15.8. The summed E-state index contributed by atoms with van der Waals surface area (Å²) >= 11 is 0. The molecule has 0 aliphatic carbocycles. The highest BCUT2D eigenvalue weighted by molar-refractivity contribution is 5.94. The SMILES string of the molecule is CN1C(=O)CCc2c1nc[nH]c2=O. The van der Waals surface area contributed by atoms with Crippen molar-refractivity contribution in [2.24, 2.45) is 0 Å². The highest BCUT2D eigenvalue weighted by atomic mass is 16.2. The van der Waals surface area contributed by atoms with Crippen LogP contribution in [0.1, 0.15) is 12.0 Å². The van der Waals surface area contributed by atoms with E-state index in [9.17, 15) is 9.59 Å². The van der Waals surface area contributed by atoms with Crippen molar-refractivity contribution in [3.8, 4) is 0 Å². The average Bonchev–Trinajstić information content (AvgIpc) is 2.12. The van der Waals surface area contributed by atoms with Gasteiger partial charge < -0.3 is 4.98 Å². The van der Waals surface area contributed by atoms with Crippen LogP contribution in [0.2, 0.25) is 0 Å². The number of anilines is 1. The number of nitrogens with one attached hydrogen (secondary N) is 1. The molecule has 0 spiro atoms. The molecular weight excluding hydrogens is 170 g/mol. The van der Waals surface area contributed by atoms with Crippen LogP contribution in [0.5, 0.6) is 0 Å². The monoisotopic (exact) mass is 179 g/mol. The summed E-state index contributed by atoms with van der Waals surface area (Å²) in [4.78, 5) is 30.4. The number of rotatable bonds is 0. The van der Waals surface area contributed by atoms with E-state index in [1.807, 2.05) is 0 Å². The van der Waals surface area contributed by atoms with Gasteiger partial charge in [0.05, 0.1) is 11.9 Å². The van der Waals surface area contributed by atoms with E-state index in [1.54, 1.807) is 7.05 Å². The second kappa shape index (κ2) is 2.69. The first-order valence-electron chi connectivity index (χ1n) is 4.03. The molecule has 1 N–H and O–H groups in total. The Morgan fingerprint density at radius 1 is 1.46 bits per heavy atom. The zero-order valence-corrected chi connectivity index (χ0v) is 7.20. The van der Waals surface area contributed by atoms with Gasteiger partial charge in [-0.3, -0.25) is 14.5 Å². The van der Waals surface area contributed by atoms with Gasteiger partial charge in [-0.05, 0) is 6.42 Å². The number of hydrogen-bond donors (Lipinski definition) is 1. The summed E-state index contributed by atoms with van der Waals surface area (Å²) in [6, 6.07) is 0. The minimum atomic E-state index is -0.149. The highest BCUT2D eigenvalue weighted by Crippen LogP contribution is 2.19. The fraction of sp³-hybridized carbons (Fsp3) is 0.375. The molecule has 0 unspecified atom stereocenters. The van der Waals surface area contributed by atoms with E-state index in [-0.39, 0.29) is 11.5 Å². The van der Waals surface area contributed by atoms with Gasteiger partial charge in [-0.1, -0.05) is 0 Å². The lowest BCUT2D eigenvalue weighted by Crippen LogP contribution is -2.35. The Morgan fingerprint density at radius 3 is 3.00 bits per heavy atom. The predicted molar refractivity (Wildman–Crippen MR) is 46.6 cm³/mol. The molecule has 2 rings (SSSR count). The van der Waals surface area contributed by atoms with E-state index in [0.29, 0.717) is 24.2 Å². The first kappa shape index (κ1) is 7.97. The number of H-pyrrole nitrogens is 1. The van der Waals surface area contributed by atoms with Crippen LogP contribution in [-0.2, 0) is 11.2 Å². The van der Waals surface area contributed by atoms with E-state index in [1.165, 1.54) is 11.2 Å². The Labute approximate surface area is 74.4 Å². The van der Waals surface area contributed by atoms with Crippen LogP contribution in [0, 0.1) is 0 Å². The molecule has 0 bridgehead atoms. The molecule has 1 amide bonds. The highest BCUT2D eigenvalue weighted by Gasteiger charge is 2.23. The predicted octanol–water partition coefficient (Wildman–Crippen LogP) is -0.321. The number of aromatic amines is 1. The third kappa shape index (κ3) is 1.12. The fourth-order valence-electron chi connectivity index (χ4n) is 1.45. The Hall–Kier alpha value is -1.65. The lowest BCUT2D eigenvalue weighted by molar-refractivity contribution is -0.118. The molecule has 0 fully saturated rings. The summed E-state index contributed by atoms with van der Waals surface area (Å²) in [5, 5.41) is 0.